The van der Waals surface area contributed by atoms with E-state index in [1.165, 1.54) is 13.0 Å². The van der Waals surface area contributed by atoms with Gasteiger partial charge in [0, 0.05) is 62.7 Å². The zero-order valence-electron chi connectivity index (χ0n) is 46.0. The van der Waals surface area contributed by atoms with Gasteiger partial charge in [0.2, 0.25) is 0 Å². The molecule has 0 amide bonds. The number of Topliss-reactive ketones (excluding diaryl/α,β-unsaturated/α-hetero) is 2. The fraction of sp³-hybridized carbons (Fsp3) is 0.593. The van der Waals surface area contributed by atoms with Crippen molar-refractivity contribution < 1.29 is 94.3 Å². The van der Waals surface area contributed by atoms with E-state index in [9.17, 15) is 75.3 Å². The number of aliphatic carboxylic acids is 1. The number of hydrogen-bond acceptors (Lipinski definition) is 20. The number of esters is 1. The highest BCUT2D eigenvalue weighted by Crippen LogP contribution is 2.38. The minimum Gasteiger partial charge on any atom is -0.481 e. The molecule has 1 aromatic rings. The van der Waals surface area contributed by atoms with Gasteiger partial charge < -0.3 is 86.2 Å². The number of carbonyl (C=O) groups excluding carboxylic acids is 3. The SMILES string of the molecule is CNc1ccc(C(=O)CC(O)CC[C@H](C)[C@H]2OC(=O)C[C@H](O)CC(=O)C[C@H](O)C[C@H](O)C[C@H](O)C[C@H](O)C[C@]3(O)C[C@H](O)[C@@H](C(=O)O)[C@H](C[C@@H](O[C@@H]4O[C@H](C)[C@@H](O)[C@H](N)[C@@H]4O)/C=C/C=C/C=C/C=C\C=C/C=C/C=C/[C@@H]2C)O3)cc1. The van der Waals surface area contributed by atoms with Gasteiger partial charge in [-0.1, -0.05) is 98.9 Å². The monoisotopic (exact) mass is 1130 g/mol. The van der Waals surface area contributed by atoms with E-state index in [-0.39, 0.29) is 36.9 Å². The lowest BCUT2D eigenvalue weighted by atomic mass is 9.82. The summed E-state index contributed by atoms with van der Waals surface area (Å²) in [4.78, 5) is 51.7. The van der Waals surface area contributed by atoms with Crippen LogP contribution in [-0.2, 0) is 33.3 Å². The summed E-state index contributed by atoms with van der Waals surface area (Å²) in [5.74, 6) is -7.75. The quantitative estimate of drug-likeness (QED) is 0.112. The number of hydrogen-bond donors (Lipinski definition) is 13. The number of anilines is 1. The molecule has 2 saturated heterocycles. The second-order valence-corrected chi connectivity index (χ2v) is 21.4. The Kier molecular flexibility index (Phi) is 28.4. The number of carbonyl (C=O) groups is 4. The molecule has 2 fully saturated rings. The topological polar surface area (TPSA) is 366 Å². The van der Waals surface area contributed by atoms with Gasteiger partial charge in [-0.15, -0.1) is 0 Å². The van der Waals surface area contributed by atoms with Crippen LogP contribution in [0.1, 0.15) is 108 Å². The predicted molar refractivity (Wildman–Crippen MR) is 295 cm³/mol. The Bertz CT molecular complexity index is 2300. The number of ether oxygens (including phenoxy) is 4. The zero-order valence-corrected chi connectivity index (χ0v) is 46.0. The van der Waals surface area contributed by atoms with Gasteiger partial charge in [0.15, 0.2) is 17.9 Å². The normalized spacial score (nSPS) is 38.0. The van der Waals surface area contributed by atoms with Crippen molar-refractivity contribution in [2.24, 2.45) is 23.5 Å². The molecule has 0 saturated carbocycles. The summed E-state index contributed by atoms with van der Waals surface area (Å²) in [5.41, 5.74) is 7.35. The van der Waals surface area contributed by atoms with E-state index in [0.717, 1.165) is 5.69 Å². The molecule has 1 aromatic carbocycles. The maximum absolute atomic E-state index is 13.3. The summed E-state index contributed by atoms with van der Waals surface area (Å²) < 4.78 is 23.7. The zero-order chi connectivity index (χ0) is 59.1. The van der Waals surface area contributed by atoms with Crippen LogP contribution in [0.3, 0.4) is 0 Å². The minimum absolute atomic E-state index is 0.106. The lowest BCUT2D eigenvalue weighted by Crippen LogP contribution is -2.61. The maximum atomic E-state index is 13.3. The first-order chi connectivity index (χ1) is 37.9. The number of fused-ring (bicyclic) bond motifs is 2. The Morgan fingerprint density at radius 3 is 1.86 bits per heavy atom. The summed E-state index contributed by atoms with van der Waals surface area (Å²) in [5, 5.41) is 122. The van der Waals surface area contributed by atoms with Crippen molar-refractivity contribution >= 4 is 29.2 Å². The number of nitrogens with one attached hydrogen (secondary N) is 1. The van der Waals surface area contributed by atoms with Gasteiger partial charge >= 0.3 is 11.9 Å². The molecule has 21 heteroatoms. The maximum Gasteiger partial charge on any atom is 0.311 e. The first-order valence-electron chi connectivity index (χ1n) is 27.4. The van der Waals surface area contributed by atoms with E-state index >= 15 is 0 Å². The molecule has 3 aliphatic heterocycles. The number of cyclic esters (lactones) is 1. The predicted octanol–water partition coefficient (Wildman–Crippen LogP) is 2.75. The van der Waals surface area contributed by atoms with Crippen molar-refractivity contribution in [1.82, 2.24) is 0 Å². The van der Waals surface area contributed by atoms with Gasteiger partial charge in [-0.2, -0.15) is 0 Å². The summed E-state index contributed by atoms with van der Waals surface area (Å²) in [6.45, 7) is 5.22. The van der Waals surface area contributed by atoms with Crippen molar-refractivity contribution in [2.45, 2.75) is 195 Å². The molecule has 21 nitrogen and oxygen atoms in total. The van der Waals surface area contributed by atoms with Crippen LogP contribution in [0.2, 0.25) is 0 Å². The van der Waals surface area contributed by atoms with Crippen LogP contribution in [0.25, 0.3) is 0 Å². The Morgan fingerprint density at radius 1 is 0.725 bits per heavy atom. The van der Waals surface area contributed by atoms with Crippen molar-refractivity contribution in [3.05, 3.63) is 115 Å². The lowest BCUT2D eigenvalue weighted by molar-refractivity contribution is -0.308. The van der Waals surface area contributed by atoms with E-state index < -0.39 is 172 Å². The molecule has 19 atom stereocenters. The number of ketones is 2. The molecular formula is C59H86N2O19. The number of aliphatic hydroxyl groups is 10. The first kappa shape index (κ1) is 67.4. The van der Waals surface area contributed by atoms with Crippen molar-refractivity contribution in [1.29, 1.82) is 0 Å². The van der Waals surface area contributed by atoms with E-state index in [4.69, 9.17) is 24.7 Å². The molecule has 0 aliphatic carbocycles. The smallest absolute Gasteiger partial charge is 0.311 e. The third-order valence-electron chi connectivity index (χ3n) is 14.4. The number of benzene rings is 1. The van der Waals surface area contributed by atoms with Crippen molar-refractivity contribution in [2.75, 3.05) is 12.4 Å². The largest absolute Gasteiger partial charge is 0.481 e. The van der Waals surface area contributed by atoms with Crippen LogP contribution in [0.15, 0.2) is 109 Å². The molecule has 14 N–H and O–H groups in total. The van der Waals surface area contributed by atoms with Gasteiger partial charge in [-0.05, 0) is 69.2 Å². The van der Waals surface area contributed by atoms with E-state index in [0.29, 0.717) is 12.0 Å². The van der Waals surface area contributed by atoms with E-state index in [1.807, 2.05) is 19.9 Å². The molecule has 3 aliphatic rings. The molecule has 0 spiro atoms. The highest BCUT2D eigenvalue weighted by Gasteiger charge is 2.51. The second-order valence-electron chi connectivity index (χ2n) is 21.4. The summed E-state index contributed by atoms with van der Waals surface area (Å²) in [6, 6.07) is 5.74. The molecule has 1 unspecified atom stereocenters. The van der Waals surface area contributed by atoms with Gasteiger partial charge in [0.25, 0.3) is 0 Å². The minimum atomic E-state index is -2.34. The number of carboxylic acids is 1. The van der Waals surface area contributed by atoms with Gasteiger partial charge in [0.05, 0.1) is 79.6 Å². The molecule has 0 aromatic heterocycles. The number of rotatable bonds is 11. The molecule has 2 bridgehead atoms. The van der Waals surface area contributed by atoms with Crippen LogP contribution in [0.5, 0.6) is 0 Å². The Hall–Kier alpha value is -5.08. The highest BCUT2D eigenvalue weighted by atomic mass is 16.7. The van der Waals surface area contributed by atoms with Crippen molar-refractivity contribution in [3.8, 4) is 0 Å². The molecular weight excluding hydrogens is 1040 g/mol. The van der Waals surface area contributed by atoms with Crippen LogP contribution in [0, 0.1) is 17.8 Å². The lowest BCUT2D eigenvalue weighted by Gasteiger charge is -2.45. The number of allylic oxidation sites excluding steroid dienone is 12. The third-order valence-corrected chi connectivity index (χ3v) is 14.4. The molecule has 80 heavy (non-hydrogen) atoms. The van der Waals surface area contributed by atoms with E-state index in [2.05, 4.69) is 5.32 Å². The number of nitrogens with two attached hydrogens (primary N) is 1. The molecule has 446 valence electrons. The average Bonchev–Trinajstić information content (AvgIpc) is 3.48. The van der Waals surface area contributed by atoms with Crippen LogP contribution in [0.4, 0.5) is 5.69 Å². The molecule has 4 rings (SSSR count). The molecule has 3 heterocycles. The standard InChI is InChI=1S/C59H86N2O19/c1-35-17-15-13-11-9-7-5-6-8-10-12-14-16-18-47(78-58-55(73)53(60)54(72)37(3)77-58)32-50-52(57(74)75)49(70)34-59(76,80-50)33-46(68)29-44(66)27-42(64)25-41(63)26-43(65)28-45(67)31-51(71)79-56(35)36(2)19-24-40(62)30-48(69)38-20-22-39(61-4)23-21-38/h5-18,20-23,35-37,40-42,44-47,49-50,52-56,58,61-64,66-68,70,72-73,76H,19,24-34,60H2,1-4H3,(H,74,75)/b6-5-,9-7-,10-8+,13-11+,14-12+,17-15+,18-16+/t35-,36-,37+,40?,41+,42-,44-,45+,46-,47-,49-,50-,52+,53-,54+,55-,56-,58-,59+/m0/s1. The molecule has 0 radical (unpaired) electrons. The van der Waals surface area contributed by atoms with Gasteiger partial charge in [-0.25, -0.2) is 0 Å². The fourth-order valence-corrected chi connectivity index (χ4v) is 10.1. The van der Waals surface area contributed by atoms with E-state index in [1.54, 1.807) is 104 Å². The Balaban J connectivity index is 1.54. The first-order valence-corrected chi connectivity index (χ1v) is 27.4. The Morgan fingerprint density at radius 2 is 1.27 bits per heavy atom. The summed E-state index contributed by atoms with van der Waals surface area (Å²) in [6.07, 6.45) is 1.86. The summed E-state index contributed by atoms with van der Waals surface area (Å²) in [7, 11) is 1.77. The highest BCUT2D eigenvalue weighted by molar-refractivity contribution is 5.96. The van der Waals surface area contributed by atoms with Gasteiger partial charge in [-0.3, -0.25) is 19.2 Å². The summed E-state index contributed by atoms with van der Waals surface area (Å²) >= 11 is 0. The van der Waals surface area contributed by atoms with Gasteiger partial charge in [0.1, 0.15) is 23.9 Å². The van der Waals surface area contributed by atoms with Crippen LogP contribution < -0.4 is 11.1 Å². The Labute approximate surface area is 468 Å². The van der Waals surface area contributed by atoms with Crippen LogP contribution >= 0.6 is 0 Å². The average molecular weight is 1130 g/mol. The number of aliphatic hydroxyl groups excluding tert-OH is 9. The second kappa shape index (κ2) is 33.7. The fourth-order valence-electron chi connectivity index (χ4n) is 10.1. The number of carboxylic acid groups (broad SMARTS) is 1. The van der Waals surface area contributed by atoms with Crippen molar-refractivity contribution in [3.63, 3.8) is 0 Å². The van der Waals surface area contributed by atoms with Crippen LogP contribution in [-0.4, -0.2) is 184 Å². The third kappa shape index (κ3) is 23.0.